The van der Waals surface area contributed by atoms with E-state index in [0.717, 1.165) is 4.90 Å². The molecule has 0 aromatic carbocycles. The molecule has 0 rings (SSSR count). The Morgan fingerprint density at radius 3 is 2.40 bits per heavy atom. The molecular weight excluding hydrogens is 264 g/mol. The number of carbonyl (C=O) groups excluding carboxylic acids is 2. The third-order valence-corrected chi connectivity index (χ3v) is 2.39. The van der Waals surface area contributed by atoms with Crippen molar-refractivity contribution in [2.24, 2.45) is 5.92 Å². The van der Waals surface area contributed by atoms with Crippen LogP contribution in [0.4, 0.5) is 4.79 Å². The first-order valence-corrected chi connectivity index (χ1v) is 6.10. The fourth-order valence-electron chi connectivity index (χ4n) is 1.54. The predicted molar refractivity (Wildman–Crippen MR) is 71.8 cm³/mol. The second-order valence-electron chi connectivity index (χ2n) is 4.61. The van der Waals surface area contributed by atoms with E-state index in [1.165, 1.54) is 7.11 Å². The Hall–Kier alpha value is -2.23. The maximum Gasteiger partial charge on any atom is 0.328 e. The molecule has 0 heterocycles. The minimum Gasteiger partial charge on any atom is -0.480 e. The summed E-state index contributed by atoms with van der Waals surface area (Å²) in [5.74, 6) is 0.583. The zero-order chi connectivity index (χ0) is 15.7. The van der Waals surface area contributed by atoms with Crippen LogP contribution < -0.4 is 5.32 Å². The number of aliphatic carboxylic acids is 1. The van der Waals surface area contributed by atoms with Crippen molar-refractivity contribution in [2.45, 2.75) is 26.3 Å². The summed E-state index contributed by atoms with van der Waals surface area (Å²) in [6.45, 7) is 3.08. The van der Waals surface area contributed by atoms with E-state index in [1.807, 2.05) is 13.8 Å². The van der Waals surface area contributed by atoms with Crippen molar-refractivity contribution in [3.8, 4) is 12.3 Å². The van der Waals surface area contributed by atoms with Gasteiger partial charge in [0, 0.05) is 0 Å². The summed E-state index contributed by atoms with van der Waals surface area (Å²) in [5, 5.41) is 11.2. The van der Waals surface area contributed by atoms with E-state index in [1.54, 1.807) is 0 Å². The smallest absolute Gasteiger partial charge is 0.328 e. The van der Waals surface area contributed by atoms with Crippen LogP contribution in [0, 0.1) is 18.3 Å². The monoisotopic (exact) mass is 284 g/mol. The molecule has 0 aromatic heterocycles. The molecule has 2 amide bonds. The van der Waals surface area contributed by atoms with Crippen LogP contribution in [0.5, 0.6) is 0 Å². The van der Waals surface area contributed by atoms with Crippen molar-refractivity contribution in [1.29, 1.82) is 0 Å². The van der Waals surface area contributed by atoms with Crippen LogP contribution in [0.3, 0.4) is 0 Å². The standard InChI is InChI=1S/C13H20N2O5/c1-5-6-15(8-11(16)17)13(19)14-10(7-9(2)3)12(18)20-4/h1,9-10H,6-8H2,2-4H3,(H,14,19)(H,16,17). The highest BCUT2D eigenvalue weighted by Crippen LogP contribution is 2.07. The Morgan fingerprint density at radius 1 is 1.40 bits per heavy atom. The van der Waals surface area contributed by atoms with Gasteiger partial charge in [0.1, 0.15) is 12.6 Å². The van der Waals surface area contributed by atoms with Gasteiger partial charge in [-0.3, -0.25) is 4.79 Å². The first-order chi connectivity index (χ1) is 9.31. The van der Waals surface area contributed by atoms with Gasteiger partial charge in [-0.15, -0.1) is 6.42 Å². The maximum atomic E-state index is 11.9. The van der Waals surface area contributed by atoms with Crippen LogP contribution >= 0.6 is 0 Å². The molecule has 1 atom stereocenters. The van der Waals surface area contributed by atoms with Crippen molar-refractivity contribution in [3.63, 3.8) is 0 Å². The molecule has 0 saturated carbocycles. The third-order valence-electron chi connectivity index (χ3n) is 2.39. The van der Waals surface area contributed by atoms with Gasteiger partial charge >= 0.3 is 18.0 Å². The summed E-state index contributed by atoms with van der Waals surface area (Å²) >= 11 is 0. The molecular formula is C13H20N2O5. The quantitative estimate of drug-likeness (QED) is 0.518. The second kappa shape index (κ2) is 8.80. The summed E-state index contributed by atoms with van der Waals surface area (Å²) in [6, 6.07) is -1.54. The Bertz CT molecular complexity index is 400. The van der Waals surface area contributed by atoms with E-state index in [4.69, 9.17) is 11.5 Å². The number of ether oxygens (including phenoxy) is 1. The topological polar surface area (TPSA) is 95.9 Å². The predicted octanol–water partition coefficient (Wildman–Crippen LogP) is 0.304. The van der Waals surface area contributed by atoms with E-state index in [2.05, 4.69) is 16.0 Å². The molecule has 0 bridgehead atoms. The Balaban J connectivity index is 4.81. The number of hydrogen-bond donors (Lipinski definition) is 2. The van der Waals surface area contributed by atoms with Crippen LogP contribution in [0.15, 0.2) is 0 Å². The van der Waals surface area contributed by atoms with E-state index >= 15 is 0 Å². The van der Waals surface area contributed by atoms with E-state index in [0.29, 0.717) is 6.42 Å². The number of nitrogens with one attached hydrogen (secondary N) is 1. The zero-order valence-electron chi connectivity index (χ0n) is 11.9. The molecule has 0 fully saturated rings. The van der Waals surface area contributed by atoms with Gasteiger partial charge in [0.15, 0.2) is 0 Å². The first-order valence-electron chi connectivity index (χ1n) is 6.10. The molecule has 7 nitrogen and oxygen atoms in total. The maximum absolute atomic E-state index is 11.9. The number of methoxy groups -OCH3 is 1. The lowest BCUT2D eigenvalue weighted by Gasteiger charge is -2.23. The molecule has 0 aromatic rings. The summed E-state index contributed by atoms with van der Waals surface area (Å²) in [6.07, 6.45) is 5.47. The van der Waals surface area contributed by atoms with Gasteiger partial charge in [-0.1, -0.05) is 19.8 Å². The average molecular weight is 284 g/mol. The van der Waals surface area contributed by atoms with Gasteiger partial charge < -0.3 is 20.1 Å². The van der Waals surface area contributed by atoms with E-state index < -0.39 is 30.6 Å². The molecule has 0 spiro atoms. The fourth-order valence-corrected chi connectivity index (χ4v) is 1.54. The van der Waals surface area contributed by atoms with Crippen LogP contribution in [0.1, 0.15) is 20.3 Å². The molecule has 2 N–H and O–H groups in total. The van der Waals surface area contributed by atoms with E-state index in [9.17, 15) is 14.4 Å². The highest BCUT2D eigenvalue weighted by Gasteiger charge is 2.25. The number of esters is 1. The first kappa shape index (κ1) is 17.8. The van der Waals surface area contributed by atoms with Crippen molar-refractivity contribution in [1.82, 2.24) is 10.2 Å². The molecule has 112 valence electrons. The normalized spacial score (nSPS) is 11.3. The van der Waals surface area contributed by atoms with Gasteiger partial charge in [0.05, 0.1) is 13.7 Å². The number of carboxylic acid groups (broad SMARTS) is 1. The van der Waals surface area contributed by atoms with Crippen LogP contribution in [0.25, 0.3) is 0 Å². The Morgan fingerprint density at radius 2 is 2.00 bits per heavy atom. The third kappa shape index (κ3) is 6.64. The number of nitrogens with zero attached hydrogens (tertiary/aromatic N) is 1. The minimum atomic E-state index is -1.19. The van der Waals surface area contributed by atoms with Crippen LogP contribution in [-0.2, 0) is 14.3 Å². The number of rotatable bonds is 7. The largest absolute Gasteiger partial charge is 0.480 e. The molecule has 7 heteroatoms. The van der Waals surface area contributed by atoms with Gasteiger partial charge in [-0.05, 0) is 12.3 Å². The number of carbonyl (C=O) groups is 3. The number of hydrogen-bond acceptors (Lipinski definition) is 4. The average Bonchev–Trinajstić information content (AvgIpc) is 2.35. The summed E-state index contributed by atoms with van der Waals surface area (Å²) in [4.78, 5) is 35.1. The molecule has 0 radical (unpaired) electrons. The SMILES string of the molecule is C#CCN(CC(=O)O)C(=O)NC(CC(C)C)C(=O)OC. The highest BCUT2D eigenvalue weighted by molar-refractivity contribution is 5.85. The molecule has 0 aliphatic rings. The number of carboxylic acids is 1. The number of terminal acetylenes is 1. The molecule has 20 heavy (non-hydrogen) atoms. The molecule has 0 aliphatic heterocycles. The lowest BCUT2D eigenvalue weighted by atomic mass is 10.0. The fraction of sp³-hybridized carbons (Fsp3) is 0.615. The van der Waals surface area contributed by atoms with Crippen LogP contribution in [-0.4, -0.2) is 54.2 Å². The van der Waals surface area contributed by atoms with Gasteiger partial charge in [0.2, 0.25) is 0 Å². The summed E-state index contributed by atoms with van der Waals surface area (Å²) < 4.78 is 4.61. The second-order valence-corrected chi connectivity index (χ2v) is 4.61. The Labute approximate surface area is 118 Å². The summed E-state index contributed by atoms with van der Waals surface area (Å²) in [7, 11) is 1.22. The zero-order valence-corrected chi connectivity index (χ0v) is 11.9. The Kier molecular flexibility index (Phi) is 7.82. The van der Waals surface area contributed by atoms with Crippen molar-refractivity contribution < 1.29 is 24.2 Å². The number of amides is 2. The van der Waals surface area contributed by atoms with Crippen LogP contribution in [0.2, 0.25) is 0 Å². The van der Waals surface area contributed by atoms with Gasteiger partial charge in [-0.2, -0.15) is 0 Å². The lowest BCUT2D eigenvalue weighted by molar-refractivity contribution is -0.143. The lowest BCUT2D eigenvalue weighted by Crippen LogP contribution is -2.50. The minimum absolute atomic E-state index is 0.153. The molecule has 0 aliphatic carbocycles. The van der Waals surface area contributed by atoms with Crippen molar-refractivity contribution >= 4 is 18.0 Å². The van der Waals surface area contributed by atoms with Gasteiger partial charge in [-0.25, -0.2) is 9.59 Å². The van der Waals surface area contributed by atoms with E-state index in [-0.39, 0.29) is 12.5 Å². The van der Waals surface area contributed by atoms with Gasteiger partial charge in [0.25, 0.3) is 0 Å². The molecule has 0 saturated heterocycles. The van der Waals surface area contributed by atoms with Crippen molar-refractivity contribution in [2.75, 3.05) is 20.2 Å². The van der Waals surface area contributed by atoms with Crippen molar-refractivity contribution in [3.05, 3.63) is 0 Å². The number of urea groups is 1. The highest BCUT2D eigenvalue weighted by atomic mass is 16.5. The summed E-state index contributed by atoms with van der Waals surface area (Å²) in [5.41, 5.74) is 0. The molecule has 1 unspecified atom stereocenters.